The standard InChI is InChI=1S/C11H17N3OS/c1-3-11(13,8-12)5-4-6-16-10-14-9(2)7-15-10/h7H,3-6,13H2,1-2H3. The normalized spacial score (nSPS) is 14.4. The molecule has 0 aromatic carbocycles. The summed E-state index contributed by atoms with van der Waals surface area (Å²) in [6.07, 6.45) is 3.93. The van der Waals surface area contributed by atoms with E-state index in [0.29, 0.717) is 18.1 Å². The number of aryl methyl sites for hydroxylation is 1. The van der Waals surface area contributed by atoms with E-state index in [1.54, 1.807) is 18.0 Å². The SMILES string of the molecule is CCC(N)(C#N)CCCSc1nc(C)co1. The molecule has 5 heteroatoms. The van der Waals surface area contributed by atoms with Gasteiger partial charge >= 0.3 is 0 Å². The Bertz CT molecular complexity index is 372. The third-order valence-electron chi connectivity index (χ3n) is 2.44. The average molecular weight is 239 g/mol. The minimum Gasteiger partial charge on any atom is -0.440 e. The van der Waals surface area contributed by atoms with Gasteiger partial charge in [-0.05, 0) is 26.2 Å². The molecule has 88 valence electrons. The molecule has 0 bridgehead atoms. The van der Waals surface area contributed by atoms with E-state index in [9.17, 15) is 0 Å². The van der Waals surface area contributed by atoms with Crippen molar-refractivity contribution in [1.82, 2.24) is 4.98 Å². The lowest BCUT2D eigenvalue weighted by Crippen LogP contribution is -2.37. The number of hydrogen-bond donors (Lipinski definition) is 1. The predicted octanol–water partition coefficient (Wildman–Crippen LogP) is 2.49. The van der Waals surface area contributed by atoms with Crippen LogP contribution in [0.3, 0.4) is 0 Å². The summed E-state index contributed by atoms with van der Waals surface area (Å²) < 4.78 is 5.20. The van der Waals surface area contributed by atoms with Gasteiger partial charge in [0.05, 0.1) is 11.8 Å². The van der Waals surface area contributed by atoms with E-state index in [0.717, 1.165) is 17.9 Å². The van der Waals surface area contributed by atoms with Crippen molar-refractivity contribution in [1.29, 1.82) is 5.26 Å². The fourth-order valence-corrected chi connectivity index (χ4v) is 2.05. The van der Waals surface area contributed by atoms with Crippen LogP contribution in [0.25, 0.3) is 0 Å². The summed E-state index contributed by atoms with van der Waals surface area (Å²) in [7, 11) is 0. The highest BCUT2D eigenvalue weighted by Gasteiger charge is 2.21. The molecule has 2 N–H and O–H groups in total. The molecule has 1 heterocycles. The van der Waals surface area contributed by atoms with Crippen molar-refractivity contribution in [2.75, 3.05) is 5.75 Å². The maximum atomic E-state index is 8.89. The molecule has 0 aliphatic carbocycles. The van der Waals surface area contributed by atoms with Gasteiger partial charge in [-0.15, -0.1) is 0 Å². The van der Waals surface area contributed by atoms with Gasteiger partial charge in [0, 0.05) is 5.75 Å². The Morgan fingerprint density at radius 2 is 2.44 bits per heavy atom. The van der Waals surface area contributed by atoms with E-state index < -0.39 is 5.54 Å². The lowest BCUT2D eigenvalue weighted by molar-refractivity contribution is 0.452. The summed E-state index contributed by atoms with van der Waals surface area (Å²) in [6.45, 7) is 3.83. The Morgan fingerprint density at radius 1 is 1.69 bits per heavy atom. The van der Waals surface area contributed by atoms with Gasteiger partial charge in [-0.1, -0.05) is 18.7 Å². The molecule has 16 heavy (non-hydrogen) atoms. The number of nitrogens with two attached hydrogens (primary N) is 1. The highest BCUT2D eigenvalue weighted by Crippen LogP contribution is 2.20. The molecule has 0 saturated heterocycles. The van der Waals surface area contributed by atoms with E-state index in [2.05, 4.69) is 11.1 Å². The molecule has 0 spiro atoms. The second kappa shape index (κ2) is 5.92. The average Bonchev–Trinajstić information content (AvgIpc) is 2.70. The highest BCUT2D eigenvalue weighted by atomic mass is 32.2. The molecule has 0 amide bonds. The van der Waals surface area contributed by atoms with Crippen LogP contribution in [0, 0.1) is 18.3 Å². The van der Waals surface area contributed by atoms with Crippen LogP contribution < -0.4 is 5.73 Å². The minimum atomic E-state index is -0.674. The van der Waals surface area contributed by atoms with E-state index in [-0.39, 0.29) is 0 Å². The number of nitrogens with zero attached hydrogens (tertiary/aromatic N) is 2. The zero-order valence-electron chi connectivity index (χ0n) is 9.69. The predicted molar refractivity (Wildman–Crippen MR) is 64.0 cm³/mol. The highest BCUT2D eigenvalue weighted by molar-refractivity contribution is 7.99. The fraction of sp³-hybridized carbons (Fsp3) is 0.636. The van der Waals surface area contributed by atoms with Crippen LogP contribution in [0.5, 0.6) is 0 Å². The van der Waals surface area contributed by atoms with Crippen LogP contribution in [-0.4, -0.2) is 16.3 Å². The monoisotopic (exact) mass is 239 g/mol. The van der Waals surface area contributed by atoms with Crippen molar-refractivity contribution in [3.63, 3.8) is 0 Å². The Morgan fingerprint density at radius 3 is 2.94 bits per heavy atom. The lowest BCUT2D eigenvalue weighted by atomic mass is 9.94. The summed E-state index contributed by atoms with van der Waals surface area (Å²) in [5.41, 5.74) is 6.09. The molecule has 1 atom stereocenters. The smallest absolute Gasteiger partial charge is 0.255 e. The second-order valence-electron chi connectivity index (χ2n) is 3.83. The van der Waals surface area contributed by atoms with Gasteiger partial charge in [0.15, 0.2) is 0 Å². The van der Waals surface area contributed by atoms with Crippen molar-refractivity contribution in [3.05, 3.63) is 12.0 Å². The number of oxazole rings is 1. The van der Waals surface area contributed by atoms with Crippen LogP contribution in [-0.2, 0) is 0 Å². The maximum Gasteiger partial charge on any atom is 0.255 e. The largest absolute Gasteiger partial charge is 0.440 e. The van der Waals surface area contributed by atoms with Gasteiger partial charge in [-0.2, -0.15) is 5.26 Å². The van der Waals surface area contributed by atoms with Crippen molar-refractivity contribution in [2.45, 2.75) is 43.9 Å². The molecule has 1 unspecified atom stereocenters. The fourth-order valence-electron chi connectivity index (χ4n) is 1.26. The molecule has 0 aliphatic heterocycles. The Hall–Kier alpha value is -0.990. The van der Waals surface area contributed by atoms with Crippen molar-refractivity contribution in [3.8, 4) is 6.07 Å². The molecular formula is C11H17N3OS. The van der Waals surface area contributed by atoms with E-state index >= 15 is 0 Å². The molecule has 0 aliphatic rings. The maximum absolute atomic E-state index is 8.89. The topological polar surface area (TPSA) is 75.8 Å². The minimum absolute atomic E-state index is 0.674. The lowest BCUT2D eigenvalue weighted by Gasteiger charge is -2.18. The summed E-state index contributed by atoms with van der Waals surface area (Å²) >= 11 is 1.56. The summed E-state index contributed by atoms with van der Waals surface area (Å²) in [6, 6.07) is 2.16. The van der Waals surface area contributed by atoms with Gasteiger partial charge in [-0.25, -0.2) is 4.98 Å². The molecule has 0 radical (unpaired) electrons. The molecule has 4 nitrogen and oxygen atoms in total. The molecule has 1 aromatic rings. The molecule has 1 aromatic heterocycles. The van der Waals surface area contributed by atoms with Gasteiger partial charge in [0.1, 0.15) is 11.8 Å². The third kappa shape index (κ3) is 3.87. The number of thioether (sulfide) groups is 1. The first-order valence-electron chi connectivity index (χ1n) is 5.35. The Kier molecular flexibility index (Phi) is 4.84. The van der Waals surface area contributed by atoms with Gasteiger partial charge < -0.3 is 10.2 Å². The zero-order valence-corrected chi connectivity index (χ0v) is 10.5. The van der Waals surface area contributed by atoms with Crippen LogP contribution in [0.2, 0.25) is 0 Å². The second-order valence-corrected chi connectivity index (χ2v) is 4.87. The van der Waals surface area contributed by atoms with Crippen molar-refractivity contribution in [2.24, 2.45) is 5.73 Å². The van der Waals surface area contributed by atoms with Crippen LogP contribution in [0.1, 0.15) is 31.9 Å². The van der Waals surface area contributed by atoms with Crippen molar-refractivity contribution < 1.29 is 4.42 Å². The number of aromatic nitrogens is 1. The van der Waals surface area contributed by atoms with Gasteiger partial charge in [-0.3, -0.25) is 0 Å². The van der Waals surface area contributed by atoms with E-state index in [4.69, 9.17) is 15.4 Å². The summed E-state index contributed by atoms with van der Waals surface area (Å²) in [5, 5.41) is 9.58. The first kappa shape index (κ1) is 13.1. The molecular weight excluding hydrogens is 222 g/mol. The van der Waals surface area contributed by atoms with E-state index in [1.807, 2.05) is 13.8 Å². The summed E-state index contributed by atoms with van der Waals surface area (Å²) in [4.78, 5) is 4.19. The Labute approximate surface area is 100 Å². The summed E-state index contributed by atoms with van der Waals surface area (Å²) in [5.74, 6) is 0.876. The van der Waals surface area contributed by atoms with Crippen LogP contribution in [0.4, 0.5) is 0 Å². The molecule has 0 saturated carbocycles. The quantitative estimate of drug-likeness (QED) is 0.609. The number of hydrogen-bond acceptors (Lipinski definition) is 5. The first-order valence-corrected chi connectivity index (χ1v) is 6.33. The van der Waals surface area contributed by atoms with E-state index in [1.165, 1.54) is 0 Å². The van der Waals surface area contributed by atoms with Crippen LogP contribution >= 0.6 is 11.8 Å². The van der Waals surface area contributed by atoms with Crippen LogP contribution in [0.15, 0.2) is 15.9 Å². The number of nitriles is 1. The third-order valence-corrected chi connectivity index (χ3v) is 3.37. The molecule has 0 fully saturated rings. The van der Waals surface area contributed by atoms with Gasteiger partial charge in [0.2, 0.25) is 0 Å². The number of rotatable bonds is 6. The first-order chi connectivity index (χ1) is 7.59. The van der Waals surface area contributed by atoms with Crippen molar-refractivity contribution >= 4 is 11.8 Å². The zero-order chi connectivity index (χ0) is 12.0. The van der Waals surface area contributed by atoms with Gasteiger partial charge in [0.25, 0.3) is 5.22 Å². The molecule has 1 rings (SSSR count). The Balaban J connectivity index is 2.24.